The molecule has 15 heavy (non-hydrogen) atoms. The van der Waals surface area contributed by atoms with Crippen molar-refractivity contribution in [3.63, 3.8) is 0 Å². The summed E-state index contributed by atoms with van der Waals surface area (Å²) < 4.78 is 2.55. The molecule has 6 heteroatoms. The van der Waals surface area contributed by atoms with E-state index >= 15 is 0 Å². The third-order valence-corrected chi connectivity index (χ3v) is 3.51. The molecule has 0 spiro atoms. The maximum atomic E-state index is 5.92. The average Bonchev–Trinajstić information content (AvgIpc) is 2.79. The minimum Gasteiger partial charge on any atom is -0.307 e. The Balaban J connectivity index is 2.36. The fourth-order valence-electron chi connectivity index (χ4n) is 1.48. The summed E-state index contributed by atoms with van der Waals surface area (Å²) in [5, 5.41) is 11.0. The molecule has 0 radical (unpaired) electrons. The highest BCUT2D eigenvalue weighted by Gasteiger charge is 2.17. The molecule has 0 aliphatic carbocycles. The minimum atomic E-state index is 0.0995. The van der Waals surface area contributed by atoms with Crippen molar-refractivity contribution in [1.29, 1.82) is 0 Å². The van der Waals surface area contributed by atoms with Gasteiger partial charge >= 0.3 is 0 Å². The molecule has 1 unspecified atom stereocenters. The number of aromatic nitrogens is 3. The highest BCUT2D eigenvalue weighted by atomic mass is 35.5. The van der Waals surface area contributed by atoms with E-state index in [0.29, 0.717) is 0 Å². The van der Waals surface area contributed by atoms with Crippen LogP contribution in [-0.2, 0) is 7.05 Å². The van der Waals surface area contributed by atoms with Crippen LogP contribution in [-0.4, -0.2) is 22.0 Å². The van der Waals surface area contributed by atoms with Crippen molar-refractivity contribution in [3.8, 4) is 0 Å². The largest absolute Gasteiger partial charge is 0.307 e. The van der Waals surface area contributed by atoms with Crippen LogP contribution < -0.4 is 5.32 Å². The van der Waals surface area contributed by atoms with Crippen LogP contribution in [0.5, 0.6) is 0 Å². The lowest BCUT2D eigenvalue weighted by Gasteiger charge is -2.13. The predicted octanol–water partition coefficient (Wildman–Crippen LogP) is 1.84. The number of nitrogens with one attached hydrogen (secondary N) is 1. The molecular weight excluding hydrogens is 232 g/mol. The number of hydrogen-bond donors (Lipinski definition) is 1. The third kappa shape index (κ3) is 2.04. The van der Waals surface area contributed by atoms with Gasteiger partial charge in [0, 0.05) is 11.9 Å². The van der Waals surface area contributed by atoms with E-state index in [9.17, 15) is 0 Å². The van der Waals surface area contributed by atoms with Crippen LogP contribution >= 0.6 is 22.9 Å². The molecule has 0 saturated heterocycles. The van der Waals surface area contributed by atoms with Gasteiger partial charge in [-0.05, 0) is 19.2 Å². The molecule has 0 aliphatic rings. The first-order valence-corrected chi connectivity index (χ1v) is 5.69. The number of rotatable bonds is 3. The Morgan fingerprint density at radius 1 is 1.53 bits per heavy atom. The molecule has 0 saturated carbocycles. The summed E-state index contributed by atoms with van der Waals surface area (Å²) in [5.74, 6) is 0. The summed E-state index contributed by atoms with van der Waals surface area (Å²) in [4.78, 5) is 1.16. The van der Waals surface area contributed by atoms with E-state index in [2.05, 4.69) is 15.6 Å². The lowest BCUT2D eigenvalue weighted by Crippen LogP contribution is -2.19. The lowest BCUT2D eigenvalue weighted by molar-refractivity contribution is 0.604. The van der Waals surface area contributed by atoms with Crippen LogP contribution in [0.1, 0.15) is 16.6 Å². The van der Waals surface area contributed by atoms with Crippen molar-refractivity contribution < 1.29 is 0 Å². The van der Waals surface area contributed by atoms with Crippen molar-refractivity contribution in [2.24, 2.45) is 7.05 Å². The Labute approximate surface area is 96.9 Å². The minimum absolute atomic E-state index is 0.0995. The van der Waals surface area contributed by atoms with Gasteiger partial charge in [0.1, 0.15) is 0 Å². The molecule has 80 valence electrons. The van der Waals surface area contributed by atoms with Gasteiger partial charge in [0.2, 0.25) is 0 Å². The van der Waals surface area contributed by atoms with Crippen LogP contribution in [0.25, 0.3) is 0 Å². The van der Waals surface area contributed by atoms with Crippen molar-refractivity contribution >= 4 is 22.9 Å². The van der Waals surface area contributed by atoms with Gasteiger partial charge in [-0.25, -0.2) is 0 Å². The van der Waals surface area contributed by atoms with Gasteiger partial charge in [0.15, 0.2) is 0 Å². The molecule has 0 aliphatic heterocycles. The molecule has 0 aromatic carbocycles. The Kier molecular flexibility index (Phi) is 3.04. The smallest absolute Gasteiger partial charge is 0.0931 e. The van der Waals surface area contributed by atoms with Crippen LogP contribution in [0.3, 0.4) is 0 Å². The number of thiophene rings is 1. The van der Waals surface area contributed by atoms with E-state index in [1.807, 2.05) is 26.2 Å². The van der Waals surface area contributed by atoms with Crippen molar-refractivity contribution in [1.82, 2.24) is 20.3 Å². The molecule has 0 fully saturated rings. The van der Waals surface area contributed by atoms with Gasteiger partial charge in [0.25, 0.3) is 0 Å². The molecule has 0 bridgehead atoms. The third-order valence-electron chi connectivity index (χ3n) is 2.21. The summed E-state index contributed by atoms with van der Waals surface area (Å²) in [6.07, 6.45) is 1.76. The van der Waals surface area contributed by atoms with E-state index in [-0.39, 0.29) is 6.04 Å². The summed E-state index contributed by atoms with van der Waals surface area (Å²) in [6.45, 7) is 0. The molecule has 0 amide bonds. The van der Waals surface area contributed by atoms with E-state index < -0.39 is 0 Å². The van der Waals surface area contributed by atoms with Crippen LogP contribution in [0.2, 0.25) is 4.34 Å². The fraction of sp³-hybridized carbons (Fsp3) is 0.333. The topological polar surface area (TPSA) is 42.7 Å². The van der Waals surface area contributed by atoms with Crippen LogP contribution in [0.15, 0.2) is 18.3 Å². The molecule has 4 nitrogen and oxygen atoms in total. The molecule has 2 heterocycles. The second-order valence-corrected chi connectivity index (χ2v) is 4.89. The van der Waals surface area contributed by atoms with E-state index in [1.165, 1.54) is 0 Å². The average molecular weight is 243 g/mol. The first-order valence-electron chi connectivity index (χ1n) is 4.49. The number of hydrogen-bond acceptors (Lipinski definition) is 4. The SMILES string of the molecule is CNC(c1ccc(Cl)s1)c1cnnn1C. The van der Waals surface area contributed by atoms with Crippen LogP contribution in [0.4, 0.5) is 0 Å². The number of halogens is 1. The predicted molar refractivity (Wildman–Crippen MR) is 61.2 cm³/mol. The highest BCUT2D eigenvalue weighted by molar-refractivity contribution is 7.16. The highest BCUT2D eigenvalue weighted by Crippen LogP contribution is 2.30. The summed E-state index contributed by atoms with van der Waals surface area (Å²) >= 11 is 7.48. The molecular formula is C9H11ClN4S. The van der Waals surface area contributed by atoms with Gasteiger partial charge in [0.05, 0.1) is 22.3 Å². The maximum absolute atomic E-state index is 5.92. The lowest BCUT2D eigenvalue weighted by atomic mass is 10.2. The first kappa shape index (κ1) is 10.6. The van der Waals surface area contributed by atoms with Gasteiger partial charge in [-0.15, -0.1) is 16.4 Å². The molecule has 1 N–H and O–H groups in total. The van der Waals surface area contributed by atoms with Gasteiger partial charge in [-0.3, -0.25) is 4.68 Å². The number of aryl methyl sites for hydroxylation is 1. The molecule has 2 aromatic heterocycles. The van der Waals surface area contributed by atoms with E-state index in [1.54, 1.807) is 22.2 Å². The Hall–Kier alpha value is -0.910. The van der Waals surface area contributed by atoms with Gasteiger partial charge in [-0.2, -0.15) is 0 Å². The first-order chi connectivity index (χ1) is 7.22. The van der Waals surface area contributed by atoms with E-state index in [4.69, 9.17) is 11.6 Å². The fourth-order valence-corrected chi connectivity index (χ4v) is 2.66. The summed E-state index contributed by atoms with van der Waals surface area (Å²) in [5.41, 5.74) is 1.02. The maximum Gasteiger partial charge on any atom is 0.0931 e. The normalized spacial score (nSPS) is 13.0. The summed E-state index contributed by atoms with van der Waals surface area (Å²) in [6, 6.07) is 4.01. The quantitative estimate of drug-likeness (QED) is 0.893. The molecule has 2 rings (SSSR count). The Morgan fingerprint density at radius 2 is 2.33 bits per heavy atom. The molecule has 2 aromatic rings. The zero-order valence-electron chi connectivity index (χ0n) is 8.44. The Bertz CT molecular complexity index is 450. The van der Waals surface area contributed by atoms with Crippen molar-refractivity contribution in [3.05, 3.63) is 33.2 Å². The monoisotopic (exact) mass is 242 g/mol. The van der Waals surface area contributed by atoms with Crippen LogP contribution in [0, 0.1) is 0 Å². The zero-order valence-corrected chi connectivity index (χ0v) is 10.0. The van der Waals surface area contributed by atoms with Gasteiger partial charge < -0.3 is 5.32 Å². The zero-order chi connectivity index (χ0) is 10.8. The Morgan fingerprint density at radius 3 is 2.80 bits per heavy atom. The van der Waals surface area contributed by atoms with Crippen molar-refractivity contribution in [2.45, 2.75) is 6.04 Å². The summed E-state index contributed by atoms with van der Waals surface area (Å²) in [7, 11) is 3.78. The molecule has 1 atom stereocenters. The van der Waals surface area contributed by atoms with Crippen molar-refractivity contribution in [2.75, 3.05) is 7.05 Å². The van der Waals surface area contributed by atoms with E-state index in [0.717, 1.165) is 14.9 Å². The second-order valence-electron chi connectivity index (χ2n) is 3.15. The standard InChI is InChI=1S/C9H11ClN4S/c1-11-9(6-5-12-13-14(6)2)7-3-4-8(10)15-7/h3-5,9,11H,1-2H3. The number of nitrogens with zero attached hydrogens (tertiary/aromatic N) is 3. The van der Waals surface area contributed by atoms with Gasteiger partial charge in [-0.1, -0.05) is 16.8 Å². The second kappa shape index (κ2) is 4.30.